The Labute approximate surface area is 488 Å². The van der Waals surface area contributed by atoms with Gasteiger partial charge in [-0.05, 0) is 0 Å². The van der Waals surface area contributed by atoms with E-state index in [-0.39, 0.29) is 0 Å². The molecule has 6 heteroatoms. The van der Waals surface area contributed by atoms with Crippen LogP contribution in [0.25, 0.3) is 66.8 Å². The van der Waals surface area contributed by atoms with Gasteiger partial charge >= 0.3 is 493 Å². The second-order valence-electron chi connectivity index (χ2n) is 22.8. The Morgan fingerprint density at radius 3 is 0.462 bits per heavy atom. The van der Waals surface area contributed by atoms with Gasteiger partial charge in [0, 0.05) is 0 Å². The van der Waals surface area contributed by atoms with Crippen LogP contribution < -0.4 is 15.9 Å². The molecule has 0 radical (unpaired) electrons. The summed E-state index contributed by atoms with van der Waals surface area (Å²) in [5, 5.41) is 3.04. The summed E-state index contributed by atoms with van der Waals surface area (Å²) < 4.78 is 0. The molecule has 0 saturated carbocycles. The van der Waals surface area contributed by atoms with E-state index >= 15 is 0 Å². The van der Waals surface area contributed by atoms with Gasteiger partial charge < -0.3 is 0 Å². The van der Waals surface area contributed by atoms with Crippen LogP contribution in [0.3, 0.4) is 0 Å². The average Bonchev–Trinajstić information content (AvgIpc) is 3.32. The summed E-state index contributed by atoms with van der Waals surface area (Å²) in [5.74, 6) is 0. The van der Waals surface area contributed by atoms with Crippen LogP contribution >= 0.6 is 15.9 Å². The second-order valence-corrected chi connectivity index (χ2v) is 61.2. The number of hydrogen-bond acceptors (Lipinski definition) is 0. The third-order valence-corrected chi connectivity index (χ3v) is 84.8. The summed E-state index contributed by atoms with van der Waals surface area (Å²) in [5.41, 5.74) is 42.1. The topological polar surface area (TPSA) is 0 Å². The van der Waals surface area contributed by atoms with Crippen molar-refractivity contribution in [2.75, 3.05) is 0 Å². The molecule has 0 atom stereocenters. The van der Waals surface area contributed by atoms with Crippen LogP contribution in [0.1, 0.15) is 100 Å². The minimum atomic E-state index is -0.655. The van der Waals surface area contributed by atoms with E-state index in [0.717, 1.165) is 0 Å². The maximum absolute atomic E-state index is 2.54. The Balaban J connectivity index is 1.37. The summed E-state index contributed by atoms with van der Waals surface area (Å²) in [6.45, 7) is 42.2. The van der Waals surface area contributed by atoms with Gasteiger partial charge in [-0.2, -0.15) is 0 Å². The predicted octanol–water partition coefficient (Wildman–Crippen LogP) is 19.6. The zero-order valence-electron chi connectivity index (χ0n) is 49.2. The maximum atomic E-state index is 2.54. The number of benzene rings is 9. The molecule has 0 unspecified atom stereocenters. The molecular formula is C72H75P3Se3. The van der Waals surface area contributed by atoms with E-state index in [2.05, 4.69) is 252 Å². The van der Waals surface area contributed by atoms with Gasteiger partial charge in [0.15, 0.2) is 0 Å². The molecule has 9 aromatic rings. The van der Waals surface area contributed by atoms with Gasteiger partial charge in [-0.1, -0.05) is 0 Å². The summed E-state index contributed by atoms with van der Waals surface area (Å²) in [6, 6.07) is 51.7. The SMILES string of the molecule is Cc1cc(C)c(-c2cccc(-c3c(C)cc(C)cc3C)c2P2[Se]P(c3c(-c4c(C)cc(C)cc4C)cccc3-c3c(C)cc(C)cc3C)[Se]P(c3c(-c4c(C)cc(C)cc4C)cccc3-c3c(C)cc(C)cc3C)[Se]2)c(C)c1. The molecule has 10 rings (SSSR count). The standard InChI is InChI=1S/C72H75P3Se3/c1-40-28-46(7)64(47(8)29-40)58-22-19-23-59(65-48(9)30-41(2)31-49(65)10)70(58)73-76-74(71-60(66-50(11)32-42(3)33-51(66)12)24-20-25-61(71)67-52(13)34-43(4)35-53(67)14)78-75(77-73)72-62(68-54(15)36-44(5)37-55(68)16)26-21-27-63(72)69-56(17)38-45(6)39-57(69)18/h19-39H,1-18H3. The molecule has 1 aliphatic rings. The van der Waals surface area contributed by atoms with E-state index in [4.69, 9.17) is 0 Å². The van der Waals surface area contributed by atoms with Crippen LogP contribution in [0.2, 0.25) is 0 Å². The third-order valence-electron chi connectivity index (χ3n) is 15.8. The Bertz CT molecular complexity index is 3130. The van der Waals surface area contributed by atoms with E-state index in [1.165, 1.54) is 167 Å². The van der Waals surface area contributed by atoms with Crippen molar-refractivity contribution < 1.29 is 0 Å². The van der Waals surface area contributed by atoms with E-state index in [0.29, 0.717) is 42.2 Å². The van der Waals surface area contributed by atoms with Gasteiger partial charge in [-0.3, -0.25) is 0 Å². The Hall–Kier alpha value is -4.17. The molecule has 1 saturated heterocycles. The monoisotopic (exact) mass is 1270 g/mol. The van der Waals surface area contributed by atoms with E-state index in [1.54, 1.807) is 15.9 Å². The Morgan fingerprint density at radius 2 is 0.333 bits per heavy atom. The van der Waals surface area contributed by atoms with Crippen molar-refractivity contribution in [3.05, 3.63) is 228 Å². The van der Waals surface area contributed by atoms with Gasteiger partial charge in [0.25, 0.3) is 0 Å². The predicted molar refractivity (Wildman–Crippen MR) is 354 cm³/mol. The quantitative estimate of drug-likeness (QED) is 0.0998. The van der Waals surface area contributed by atoms with Crippen molar-refractivity contribution in [1.29, 1.82) is 0 Å². The molecule has 0 bridgehead atoms. The Morgan fingerprint density at radius 1 is 0.205 bits per heavy atom. The summed E-state index contributed by atoms with van der Waals surface area (Å²) in [4.78, 5) is 0. The molecule has 0 aromatic heterocycles. The molecule has 396 valence electrons. The van der Waals surface area contributed by atoms with Crippen molar-refractivity contribution in [1.82, 2.24) is 0 Å². The van der Waals surface area contributed by atoms with Crippen molar-refractivity contribution in [3.63, 3.8) is 0 Å². The van der Waals surface area contributed by atoms with Crippen LogP contribution in [0, 0.1) is 125 Å². The number of rotatable bonds is 9. The normalized spacial score (nSPS) is 15.5. The molecule has 0 N–H and O–H groups in total. The van der Waals surface area contributed by atoms with Gasteiger partial charge in [0.1, 0.15) is 0 Å². The first-order chi connectivity index (χ1) is 37.1. The van der Waals surface area contributed by atoms with Gasteiger partial charge in [-0.15, -0.1) is 0 Å². The first-order valence-electron chi connectivity index (χ1n) is 27.4. The second kappa shape index (κ2) is 23.0. The summed E-state index contributed by atoms with van der Waals surface area (Å²) >= 11 is 0.910. The fraction of sp³-hybridized carbons (Fsp3) is 0.250. The van der Waals surface area contributed by atoms with E-state index < -0.39 is 15.9 Å². The zero-order chi connectivity index (χ0) is 55.8. The number of aryl methyl sites for hydroxylation is 18. The van der Waals surface area contributed by atoms with E-state index in [1.807, 2.05) is 0 Å². The summed E-state index contributed by atoms with van der Waals surface area (Å²) in [6.07, 6.45) is 0. The van der Waals surface area contributed by atoms with Crippen molar-refractivity contribution in [2.24, 2.45) is 0 Å². The fourth-order valence-electron chi connectivity index (χ4n) is 13.6. The Kier molecular flexibility index (Phi) is 16.8. The molecule has 1 aliphatic heterocycles. The molecule has 1 heterocycles. The number of hydrogen-bond donors (Lipinski definition) is 0. The molecule has 0 spiro atoms. The van der Waals surface area contributed by atoms with Gasteiger partial charge in [-0.25, -0.2) is 0 Å². The first kappa shape index (κ1) is 57.1. The van der Waals surface area contributed by atoms with E-state index in [9.17, 15) is 0 Å². The van der Waals surface area contributed by atoms with Crippen LogP contribution in [-0.2, 0) is 0 Å². The van der Waals surface area contributed by atoms with Crippen molar-refractivity contribution in [3.8, 4) is 66.8 Å². The fourth-order valence-corrected chi connectivity index (χ4v) is 146. The molecule has 1 fully saturated rings. The summed E-state index contributed by atoms with van der Waals surface area (Å²) in [7, 11) is 0. The molecular weight excluding hydrogens is 1190 g/mol. The average molecular weight is 1270 g/mol. The van der Waals surface area contributed by atoms with Gasteiger partial charge in [0.2, 0.25) is 0 Å². The van der Waals surface area contributed by atoms with Crippen LogP contribution in [0.4, 0.5) is 0 Å². The van der Waals surface area contributed by atoms with Crippen LogP contribution in [-0.4, -0.2) is 42.2 Å². The molecule has 0 amide bonds. The molecule has 0 aliphatic carbocycles. The third kappa shape index (κ3) is 10.9. The van der Waals surface area contributed by atoms with Crippen LogP contribution in [0.5, 0.6) is 0 Å². The van der Waals surface area contributed by atoms with Crippen LogP contribution in [0.15, 0.2) is 127 Å². The van der Waals surface area contributed by atoms with Crippen molar-refractivity contribution in [2.45, 2.75) is 125 Å². The van der Waals surface area contributed by atoms with Gasteiger partial charge in [0.05, 0.1) is 0 Å². The zero-order valence-corrected chi connectivity index (χ0v) is 57.0. The first-order valence-corrected chi connectivity index (χ1v) is 44.7. The van der Waals surface area contributed by atoms with Crippen molar-refractivity contribution >= 4 is 74.0 Å². The minimum absolute atomic E-state index is 0.303. The molecule has 0 nitrogen and oxygen atoms in total. The molecule has 78 heavy (non-hydrogen) atoms. The molecule has 9 aromatic carbocycles.